The van der Waals surface area contributed by atoms with Crippen LogP contribution in [-0.2, 0) is 16.1 Å². The van der Waals surface area contributed by atoms with Gasteiger partial charge in [-0.05, 0) is 49.9 Å². The third kappa shape index (κ3) is 4.12. The van der Waals surface area contributed by atoms with E-state index in [2.05, 4.69) is 10.2 Å². The van der Waals surface area contributed by atoms with E-state index in [4.69, 9.17) is 4.74 Å². The lowest BCUT2D eigenvalue weighted by atomic mass is 9.96. The molecule has 6 heteroatoms. The summed E-state index contributed by atoms with van der Waals surface area (Å²) >= 11 is 0. The van der Waals surface area contributed by atoms with Crippen molar-refractivity contribution in [1.82, 2.24) is 10.2 Å². The van der Waals surface area contributed by atoms with Gasteiger partial charge in [-0.2, -0.15) is 0 Å². The van der Waals surface area contributed by atoms with Crippen LogP contribution in [0.2, 0.25) is 0 Å². The number of amides is 1. The molecule has 2 aliphatic rings. The number of carbonyl (C=O) groups excluding carboxylic acids is 2. The minimum absolute atomic E-state index is 0.0126. The highest BCUT2D eigenvalue weighted by Crippen LogP contribution is 2.24. The summed E-state index contributed by atoms with van der Waals surface area (Å²) < 4.78 is 18.2. The summed E-state index contributed by atoms with van der Waals surface area (Å²) in [5.41, 5.74) is 0.980. The summed E-state index contributed by atoms with van der Waals surface area (Å²) in [6.07, 6.45) is 4.00. The second kappa shape index (κ2) is 7.30. The minimum Gasteiger partial charge on any atom is -0.465 e. The summed E-state index contributed by atoms with van der Waals surface area (Å²) in [5, 5.41) is 3.06. The Morgan fingerprint density at radius 3 is 2.83 bits per heavy atom. The van der Waals surface area contributed by atoms with Crippen molar-refractivity contribution in [2.75, 3.05) is 20.2 Å². The molecule has 1 aliphatic carbocycles. The number of esters is 1. The Morgan fingerprint density at radius 2 is 2.12 bits per heavy atom. The maximum absolute atomic E-state index is 13.4. The van der Waals surface area contributed by atoms with Crippen LogP contribution in [0.15, 0.2) is 18.2 Å². The number of likely N-dealkylation sites (tertiary alicyclic amines) is 1. The molecule has 1 atom stereocenters. The van der Waals surface area contributed by atoms with Gasteiger partial charge in [-0.1, -0.05) is 6.07 Å². The number of carbonyl (C=O) groups is 2. The van der Waals surface area contributed by atoms with Crippen molar-refractivity contribution in [3.8, 4) is 0 Å². The molecular formula is C18H23FN2O3. The van der Waals surface area contributed by atoms with Gasteiger partial charge >= 0.3 is 5.97 Å². The van der Waals surface area contributed by atoms with E-state index in [0.717, 1.165) is 37.8 Å². The molecule has 0 bridgehead atoms. The van der Waals surface area contributed by atoms with Crippen molar-refractivity contribution in [2.45, 2.75) is 38.3 Å². The second-order valence-electron chi connectivity index (χ2n) is 6.65. The Kier molecular flexibility index (Phi) is 5.14. The lowest BCUT2D eigenvalue weighted by Crippen LogP contribution is -2.43. The highest BCUT2D eigenvalue weighted by atomic mass is 19.1. The van der Waals surface area contributed by atoms with Gasteiger partial charge in [-0.15, -0.1) is 0 Å². The first-order valence-corrected chi connectivity index (χ1v) is 8.46. The Labute approximate surface area is 141 Å². The second-order valence-corrected chi connectivity index (χ2v) is 6.65. The number of methoxy groups -OCH3 is 1. The zero-order valence-corrected chi connectivity index (χ0v) is 13.9. The molecule has 1 amide bonds. The zero-order chi connectivity index (χ0) is 17.1. The molecule has 1 saturated carbocycles. The van der Waals surface area contributed by atoms with Gasteiger partial charge in [-0.3, -0.25) is 9.69 Å². The van der Waals surface area contributed by atoms with Crippen LogP contribution >= 0.6 is 0 Å². The van der Waals surface area contributed by atoms with Crippen LogP contribution in [0.4, 0.5) is 4.39 Å². The summed E-state index contributed by atoms with van der Waals surface area (Å²) in [6.45, 7) is 2.04. The number of halogens is 1. The van der Waals surface area contributed by atoms with Crippen molar-refractivity contribution in [1.29, 1.82) is 0 Å². The third-order valence-electron chi connectivity index (χ3n) is 4.67. The van der Waals surface area contributed by atoms with Gasteiger partial charge in [-0.25, -0.2) is 9.18 Å². The van der Waals surface area contributed by atoms with Crippen molar-refractivity contribution >= 4 is 11.9 Å². The van der Waals surface area contributed by atoms with Gasteiger partial charge in [0.25, 0.3) is 0 Å². The Hall–Kier alpha value is -1.95. The first kappa shape index (κ1) is 16.9. The van der Waals surface area contributed by atoms with Crippen LogP contribution in [0.5, 0.6) is 0 Å². The van der Waals surface area contributed by atoms with E-state index in [1.165, 1.54) is 19.2 Å². The molecule has 1 N–H and O–H groups in total. The molecule has 1 saturated heterocycles. The van der Waals surface area contributed by atoms with Crippen molar-refractivity contribution in [3.05, 3.63) is 35.1 Å². The van der Waals surface area contributed by atoms with Crippen LogP contribution in [0, 0.1) is 11.7 Å². The van der Waals surface area contributed by atoms with Crippen LogP contribution in [-0.4, -0.2) is 43.0 Å². The molecule has 2 fully saturated rings. The number of piperidine rings is 1. The number of nitrogens with one attached hydrogen (secondary N) is 1. The number of hydrogen-bond donors (Lipinski definition) is 1. The average molecular weight is 334 g/mol. The van der Waals surface area contributed by atoms with Gasteiger partial charge in [0.1, 0.15) is 5.82 Å². The maximum atomic E-state index is 13.4. The molecule has 1 heterocycles. The van der Waals surface area contributed by atoms with E-state index in [1.54, 1.807) is 6.07 Å². The van der Waals surface area contributed by atoms with E-state index in [9.17, 15) is 14.0 Å². The number of hydrogen-bond acceptors (Lipinski definition) is 4. The number of rotatable bonds is 5. The predicted octanol–water partition coefficient (Wildman–Crippen LogP) is 2.10. The molecule has 130 valence electrons. The molecule has 1 aromatic carbocycles. The smallest absolute Gasteiger partial charge is 0.338 e. The fourth-order valence-corrected chi connectivity index (χ4v) is 3.19. The molecule has 0 spiro atoms. The Bertz CT molecular complexity index is 631. The van der Waals surface area contributed by atoms with Crippen molar-refractivity contribution in [3.63, 3.8) is 0 Å². The van der Waals surface area contributed by atoms with Crippen molar-refractivity contribution < 1.29 is 18.7 Å². The number of ether oxygens (including phenoxy) is 1. The number of benzene rings is 1. The van der Waals surface area contributed by atoms with Gasteiger partial charge < -0.3 is 10.1 Å². The maximum Gasteiger partial charge on any atom is 0.338 e. The van der Waals surface area contributed by atoms with Gasteiger partial charge in [0.2, 0.25) is 5.91 Å². The molecular weight excluding hydrogens is 311 g/mol. The quantitative estimate of drug-likeness (QED) is 0.838. The standard InChI is InChI=1S/C18H23FN2O3/c1-24-18(23)16-9-14(19)5-4-12(16)10-21-8-2-3-13(11-21)17(22)20-15-6-7-15/h4-5,9,13,15H,2-3,6-8,10-11H2,1H3,(H,20,22). The van der Waals surface area contributed by atoms with Crippen LogP contribution in [0.1, 0.15) is 41.6 Å². The monoisotopic (exact) mass is 334 g/mol. The topological polar surface area (TPSA) is 58.6 Å². The van der Waals surface area contributed by atoms with Crippen LogP contribution < -0.4 is 5.32 Å². The first-order chi connectivity index (χ1) is 11.6. The molecule has 0 radical (unpaired) electrons. The molecule has 1 unspecified atom stereocenters. The van der Waals surface area contributed by atoms with E-state index >= 15 is 0 Å². The first-order valence-electron chi connectivity index (χ1n) is 8.46. The van der Waals surface area contributed by atoms with Gasteiger partial charge in [0, 0.05) is 19.1 Å². The van der Waals surface area contributed by atoms with Crippen LogP contribution in [0.3, 0.4) is 0 Å². The summed E-state index contributed by atoms with van der Waals surface area (Å²) in [7, 11) is 1.29. The molecule has 0 aromatic heterocycles. The van der Waals surface area contributed by atoms with E-state index in [-0.39, 0.29) is 17.4 Å². The summed E-state index contributed by atoms with van der Waals surface area (Å²) in [5.74, 6) is -0.875. The highest BCUT2D eigenvalue weighted by Gasteiger charge is 2.30. The largest absolute Gasteiger partial charge is 0.465 e. The normalized spacial score (nSPS) is 21.3. The molecule has 24 heavy (non-hydrogen) atoms. The average Bonchev–Trinajstić information content (AvgIpc) is 3.40. The SMILES string of the molecule is COC(=O)c1cc(F)ccc1CN1CCCC(C(=O)NC2CC2)C1. The molecule has 5 nitrogen and oxygen atoms in total. The third-order valence-corrected chi connectivity index (χ3v) is 4.67. The Balaban J connectivity index is 1.66. The minimum atomic E-state index is -0.537. The van der Waals surface area contributed by atoms with Crippen LogP contribution in [0.25, 0.3) is 0 Å². The van der Waals surface area contributed by atoms with Gasteiger partial charge in [0.15, 0.2) is 0 Å². The fourth-order valence-electron chi connectivity index (χ4n) is 3.19. The lowest BCUT2D eigenvalue weighted by Gasteiger charge is -2.32. The lowest BCUT2D eigenvalue weighted by molar-refractivity contribution is -0.126. The number of nitrogens with zero attached hydrogens (tertiary/aromatic N) is 1. The summed E-state index contributed by atoms with van der Waals surface area (Å²) in [4.78, 5) is 26.3. The van der Waals surface area contributed by atoms with E-state index in [1.807, 2.05) is 0 Å². The predicted molar refractivity (Wildman–Crippen MR) is 86.9 cm³/mol. The molecule has 3 rings (SSSR count). The fraction of sp³-hybridized carbons (Fsp3) is 0.556. The van der Waals surface area contributed by atoms with E-state index < -0.39 is 11.8 Å². The summed E-state index contributed by atoms with van der Waals surface area (Å²) in [6, 6.07) is 4.55. The van der Waals surface area contributed by atoms with E-state index in [0.29, 0.717) is 19.1 Å². The van der Waals surface area contributed by atoms with Crippen molar-refractivity contribution in [2.24, 2.45) is 5.92 Å². The zero-order valence-electron chi connectivity index (χ0n) is 13.9. The molecule has 1 aromatic rings. The Morgan fingerprint density at radius 1 is 1.33 bits per heavy atom. The van der Waals surface area contributed by atoms with Gasteiger partial charge in [0.05, 0.1) is 18.6 Å². The molecule has 1 aliphatic heterocycles. The highest BCUT2D eigenvalue weighted by molar-refractivity contribution is 5.91.